The minimum absolute atomic E-state index is 0.701. The summed E-state index contributed by atoms with van der Waals surface area (Å²) in [6.45, 7) is 2.77. The van der Waals surface area contributed by atoms with E-state index in [0.717, 1.165) is 0 Å². The van der Waals surface area contributed by atoms with Crippen molar-refractivity contribution < 1.29 is 1.41 Å². The molecule has 0 aromatic heterocycles. The summed E-state index contributed by atoms with van der Waals surface area (Å²) in [6.07, 6.45) is 0. The van der Waals surface area contributed by atoms with Crippen LogP contribution < -0.4 is 5.31 Å². The molecule has 0 aliphatic carbocycles. The molecular formula is C9H13N. The summed E-state index contributed by atoms with van der Waals surface area (Å²) in [5.41, 5.74) is 2.48. The fourth-order valence-corrected chi connectivity index (χ4v) is 0.958. The highest BCUT2D eigenvalue weighted by Crippen LogP contribution is 2.05. The average molecular weight is 137 g/mol. The van der Waals surface area contributed by atoms with Crippen LogP contribution in [-0.4, -0.2) is 7.05 Å². The highest BCUT2D eigenvalue weighted by molar-refractivity contribution is 5.25. The minimum Gasteiger partial charge on any atom is -0.316 e. The Hall–Kier alpha value is -0.820. The largest absolute Gasteiger partial charge is 0.316 e. The van der Waals surface area contributed by atoms with Crippen LogP contribution in [0.3, 0.4) is 0 Å². The van der Waals surface area contributed by atoms with Crippen molar-refractivity contribution in [3.63, 3.8) is 0 Å². The molecule has 0 bridgehead atoms. The van der Waals surface area contributed by atoms with Gasteiger partial charge >= 0.3 is 0 Å². The molecule has 1 N–H and O–H groups in total. The first-order valence-electron chi connectivity index (χ1n) is 3.89. The molecule has 1 nitrogen and oxygen atoms in total. The Balaban J connectivity index is 2.78. The van der Waals surface area contributed by atoms with E-state index >= 15 is 0 Å². The molecule has 0 saturated heterocycles. The van der Waals surface area contributed by atoms with E-state index in [4.69, 9.17) is 1.41 Å². The molecule has 0 aliphatic rings. The van der Waals surface area contributed by atoms with Crippen molar-refractivity contribution in [2.45, 2.75) is 13.5 Å². The number of hydrogen-bond donors (Lipinski definition) is 1. The Labute approximate surface area is 63.5 Å². The number of benzene rings is 1. The van der Waals surface area contributed by atoms with Crippen molar-refractivity contribution in [1.29, 1.82) is 0 Å². The lowest BCUT2D eigenvalue weighted by atomic mass is 10.1. The molecule has 1 heteroatoms. The molecule has 54 valence electrons. The summed E-state index contributed by atoms with van der Waals surface area (Å²) in [7, 11) is 1.76. The van der Waals surface area contributed by atoms with Gasteiger partial charge in [0.1, 0.15) is 1.41 Å². The Kier molecular flexibility index (Phi) is 2.00. The summed E-state index contributed by atoms with van der Waals surface area (Å²) in [5.74, 6) is 0. The quantitative estimate of drug-likeness (QED) is 0.654. The number of aryl methyl sites for hydroxylation is 1. The van der Waals surface area contributed by atoms with Gasteiger partial charge < -0.3 is 5.31 Å². The van der Waals surface area contributed by atoms with Crippen molar-refractivity contribution in [1.82, 2.24) is 5.31 Å². The molecule has 1 aromatic carbocycles. The predicted molar refractivity (Wildman–Crippen MR) is 43.9 cm³/mol. The predicted octanol–water partition coefficient (Wildman–Crippen LogP) is 1.71. The van der Waals surface area contributed by atoms with Crippen LogP contribution in [0.2, 0.25) is 1.41 Å². The van der Waals surface area contributed by atoms with Crippen molar-refractivity contribution in [2.75, 3.05) is 7.05 Å². The molecule has 0 spiro atoms. The van der Waals surface area contributed by atoms with Gasteiger partial charge in [-0.25, -0.2) is 0 Å². The van der Waals surface area contributed by atoms with E-state index in [0.29, 0.717) is 6.54 Å². The third-order valence-electron chi connectivity index (χ3n) is 1.59. The van der Waals surface area contributed by atoms with E-state index in [9.17, 15) is 0 Å². The molecule has 1 aromatic rings. The lowest BCUT2D eigenvalue weighted by Crippen LogP contribution is -2.05. The molecule has 0 amide bonds. The highest BCUT2D eigenvalue weighted by atomic mass is 14.8. The van der Waals surface area contributed by atoms with Crippen molar-refractivity contribution in [3.05, 3.63) is 35.4 Å². The first-order chi connectivity index (χ1) is 5.20. The van der Waals surface area contributed by atoms with Gasteiger partial charge in [-0.15, -0.1) is 0 Å². The fourth-order valence-electron chi connectivity index (χ4n) is 0.958. The molecule has 0 radical (unpaired) electrons. The van der Waals surface area contributed by atoms with Crippen LogP contribution in [0, 0.1) is 6.92 Å². The summed E-state index contributed by atoms with van der Waals surface area (Å²) in [4.78, 5) is 0. The summed E-state index contributed by atoms with van der Waals surface area (Å²) >= 11 is 0. The van der Waals surface area contributed by atoms with Crippen molar-refractivity contribution >= 4 is 0 Å². The first-order valence-corrected chi connectivity index (χ1v) is 3.44. The molecule has 0 aliphatic heterocycles. The molecule has 0 unspecified atom stereocenters. The zero-order chi connectivity index (χ0) is 8.27. The Morgan fingerprint density at radius 2 is 2.20 bits per heavy atom. The van der Waals surface area contributed by atoms with Gasteiger partial charge in [0, 0.05) is 6.54 Å². The van der Waals surface area contributed by atoms with Gasteiger partial charge in [-0.05, 0) is 25.1 Å². The van der Waals surface area contributed by atoms with Gasteiger partial charge in [0.15, 0.2) is 0 Å². The second-order valence-corrected chi connectivity index (χ2v) is 2.40. The van der Waals surface area contributed by atoms with Gasteiger partial charge in [0.25, 0.3) is 0 Å². The van der Waals surface area contributed by atoms with Crippen LogP contribution in [0.5, 0.6) is 0 Å². The summed E-state index contributed by atoms with van der Waals surface area (Å²) in [5, 5.41) is 1.43. The lowest BCUT2D eigenvalue weighted by molar-refractivity contribution is 0.812. The minimum atomic E-state index is 0.701. The lowest BCUT2D eigenvalue weighted by Gasteiger charge is -2.02. The molecule has 0 saturated carbocycles. The van der Waals surface area contributed by atoms with E-state index < -0.39 is 0 Å². The van der Waals surface area contributed by atoms with Crippen LogP contribution in [0.25, 0.3) is 0 Å². The molecule has 0 atom stereocenters. The van der Waals surface area contributed by atoms with Crippen LogP contribution in [0.1, 0.15) is 11.1 Å². The molecular weight excluding hydrogens is 122 g/mol. The molecule has 0 heterocycles. The SMILES string of the molecule is [3H]N(C)Cc1ccccc1C. The number of rotatable bonds is 2. The zero-order valence-corrected chi connectivity index (χ0v) is 6.46. The number of nitrogens with one attached hydrogen (secondary N) is 1. The van der Waals surface area contributed by atoms with Gasteiger partial charge in [-0.3, -0.25) is 0 Å². The topological polar surface area (TPSA) is 12.0 Å². The molecule has 1 rings (SSSR count). The highest BCUT2D eigenvalue weighted by Gasteiger charge is 1.91. The second-order valence-electron chi connectivity index (χ2n) is 2.40. The number of hydrogen-bond acceptors (Lipinski definition) is 1. The van der Waals surface area contributed by atoms with Gasteiger partial charge in [-0.1, -0.05) is 24.3 Å². The Morgan fingerprint density at radius 1 is 1.50 bits per heavy atom. The van der Waals surface area contributed by atoms with E-state index in [-0.39, 0.29) is 0 Å². The van der Waals surface area contributed by atoms with Gasteiger partial charge in [0.2, 0.25) is 0 Å². The summed E-state index contributed by atoms with van der Waals surface area (Å²) in [6, 6.07) is 8.15. The monoisotopic (exact) mass is 137 g/mol. The average Bonchev–Trinajstić information content (AvgIpc) is 1.93. The van der Waals surface area contributed by atoms with Gasteiger partial charge in [0.05, 0.1) is 0 Å². The third kappa shape index (κ3) is 1.58. The maximum atomic E-state index is 7.25. The van der Waals surface area contributed by atoms with E-state index in [1.165, 1.54) is 16.4 Å². The molecule has 0 fully saturated rings. The third-order valence-corrected chi connectivity index (χ3v) is 1.59. The summed E-state index contributed by atoms with van der Waals surface area (Å²) < 4.78 is 7.25. The smallest absolute Gasteiger partial charge is 0.122 e. The first kappa shape index (κ1) is 5.93. The van der Waals surface area contributed by atoms with Crippen molar-refractivity contribution in [2.24, 2.45) is 0 Å². The van der Waals surface area contributed by atoms with E-state index in [1.54, 1.807) is 7.05 Å². The Morgan fingerprint density at radius 3 is 2.80 bits per heavy atom. The van der Waals surface area contributed by atoms with Crippen LogP contribution in [-0.2, 0) is 6.54 Å². The van der Waals surface area contributed by atoms with Crippen LogP contribution >= 0.6 is 0 Å². The van der Waals surface area contributed by atoms with Gasteiger partial charge in [-0.2, -0.15) is 0 Å². The van der Waals surface area contributed by atoms with E-state index in [1.807, 2.05) is 12.1 Å². The Bertz CT molecular complexity index is 233. The zero-order valence-electron chi connectivity index (χ0n) is 7.46. The van der Waals surface area contributed by atoms with Crippen molar-refractivity contribution in [3.8, 4) is 0 Å². The second kappa shape index (κ2) is 3.37. The normalized spacial score (nSPS) is 11.7. The molecule has 10 heavy (non-hydrogen) atoms. The van der Waals surface area contributed by atoms with Crippen LogP contribution in [0.15, 0.2) is 24.3 Å². The fraction of sp³-hybridized carbons (Fsp3) is 0.333. The maximum absolute atomic E-state index is 7.25. The van der Waals surface area contributed by atoms with E-state index in [2.05, 4.69) is 19.1 Å². The standard InChI is InChI=1S/C9H13N/c1-8-5-3-4-6-9(8)7-10-2/h3-6,10H,7H2,1-2H3/i/hT. The maximum Gasteiger partial charge on any atom is 0.122 e. The van der Waals surface area contributed by atoms with Crippen LogP contribution in [0.4, 0.5) is 0 Å².